The Kier molecular flexibility index (Phi) is 24.4. The molecule has 1 rings (SSSR count). The Hall–Kier alpha value is -0.920. The van der Waals surface area contributed by atoms with E-state index >= 15 is 0 Å². The number of hydrogen-bond acceptors (Lipinski definition) is 11. The third kappa shape index (κ3) is 19.8. The standard InChI is InChI=1S/C33H63O12P/c1-2-3-4-5-6-7-8-9-10-11-12-13-14-15-16-17-18-19-20-21-22-23-27(35)43-24-26(34)25-44-46(41,42)45-33-31(39)29(37)28(36)30(38)32(33)40/h11-12,26,28-34,36-40H,2-10,13-25H2,1H3,(H,41,42)/b12-11-. The van der Waals surface area contributed by atoms with E-state index in [9.17, 15) is 44.9 Å². The van der Waals surface area contributed by atoms with E-state index in [1.165, 1.54) is 96.3 Å². The number of esters is 1. The summed E-state index contributed by atoms with van der Waals surface area (Å²) in [6, 6.07) is 0. The zero-order chi connectivity index (χ0) is 34.2. The second-order valence-corrected chi connectivity index (χ2v) is 14.0. The fraction of sp³-hybridized carbons (Fsp3) is 0.909. The summed E-state index contributed by atoms with van der Waals surface area (Å²) in [5.41, 5.74) is 0. The van der Waals surface area contributed by atoms with Crippen molar-refractivity contribution in [1.82, 2.24) is 0 Å². The molecular weight excluding hydrogens is 619 g/mol. The summed E-state index contributed by atoms with van der Waals surface area (Å²) in [5.74, 6) is -0.510. The van der Waals surface area contributed by atoms with Crippen molar-refractivity contribution in [3.63, 3.8) is 0 Å². The van der Waals surface area contributed by atoms with Crippen LogP contribution in [-0.4, -0.2) is 97.4 Å². The summed E-state index contributed by atoms with van der Waals surface area (Å²) >= 11 is 0. The quantitative estimate of drug-likeness (QED) is 0.0262. The number of phosphoric ester groups is 1. The van der Waals surface area contributed by atoms with Crippen LogP contribution in [0.5, 0.6) is 0 Å². The second kappa shape index (κ2) is 26.0. The molecule has 0 aromatic heterocycles. The van der Waals surface area contributed by atoms with Crippen molar-refractivity contribution in [2.24, 2.45) is 0 Å². The summed E-state index contributed by atoms with van der Waals surface area (Å²) in [6.07, 6.45) is 14.9. The van der Waals surface area contributed by atoms with Crippen LogP contribution in [0.25, 0.3) is 0 Å². The average Bonchev–Trinajstić information content (AvgIpc) is 3.03. The van der Waals surface area contributed by atoms with Gasteiger partial charge in [-0.25, -0.2) is 4.57 Å². The van der Waals surface area contributed by atoms with Gasteiger partial charge in [0.25, 0.3) is 0 Å². The molecule has 0 aromatic rings. The van der Waals surface area contributed by atoms with E-state index in [1.807, 2.05) is 0 Å². The highest BCUT2D eigenvalue weighted by Gasteiger charge is 2.51. The average molecular weight is 683 g/mol. The Morgan fingerprint density at radius 2 is 1.07 bits per heavy atom. The largest absolute Gasteiger partial charge is 0.472 e. The van der Waals surface area contributed by atoms with Gasteiger partial charge in [-0.2, -0.15) is 0 Å². The molecule has 1 aliphatic carbocycles. The molecule has 13 heteroatoms. The molecule has 7 N–H and O–H groups in total. The van der Waals surface area contributed by atoms with Crippen molar-refractivity contribution >= 4 is 13.8 Å². The lowest BCUT2D eigenvalue weighted by atomic mass is 9.85. The molecule has 0 aromatic carbocycles. The third-order valence-corrected chi connectivity index (χ3v) is 9.32. The molecule has 272 valence electrons. The summed E-state index contributed by atoms with van der Waals surface area (Å²) < 4.78 is 26.4. The topological polar surface area (TPSA) is 203 Å². The van der Waals surface area contributed by atoms with Crippen LogP contribution in [0.2, 0.25) is 0 Å². The number of hydrogen-bond donors (Lipinski definition) is 7. The van der Waals surface area contributed by atoms with Crippen LogP contribution in [0.15, 0.2) is 12.2 Å². The van der Waals surface area contributed by atoms with Crippen LogP contribution in [0.3, 0.4) is 0 Å². The summed E-state index contributed by atoms with van der Waals surface area (Å²) in [7, 11) is -4.99. The molecule has 1 aliphatic rings. The van der Waals surface area contributed by atoms with Crippen LogP contribution in [0, 0.1) is 0 Å². The Morgan fingerprint density at radius 3 is 1.54 bits per heavy atom. The Labute approximate surface area is 275 Å². The third-order valence-electron chi connectivity index (χ3n) is 8.34. The number of phosphoric acid groups is 1. The molecule has 0 saturated heterocycles. The fourth-order valence-electron chi connectivity index (χ4n) is 5.40. The molecule has 0 amide bonds. The summed E-state index contributed by atoms with van der Waals surface area (Å²) in [5, 5.41) is 58.7. The zero-order valence-electron chi connectivity index (χ0n) is 27.9. The number of carbonyl (C=O) groups excluding carboxylic acids is 1. The number of unbranched alkanes of at least 4 members (excludes halogenated alkanes) is 17. The van der Waals surface area contributed by atoms with Gasteiger partial charge in [0.1, 0.15) is 49.3 Å². The molecule has 0 spiro atoms. The van der Waals surface area contributed by atoms with Gasteiger partial charge >= 0.3 is 13.8 Å². The van der Waals surface area contributed by atoms with E-state index in [0.29, 0.717) is 6.42 Å². The Morgan fingerprint density at radius 1 is 0.652 bits per heavy atom. The van der Waals surface area contributed by atoms with Crippen molar-refractivity contribution < 1.29 is 58.7 Å². The maximum Gasteiger partial charge on any atom is 0.472 e. The Bertz CT molecular complexity index is 827. The minimum atomic E-state index is -4.99. The smallest absolute Gasteiger partial charge is 0.463 e. The van der Waals surface area contributed by atoms with Crippen LogP contribution in [0.1, 0.15) is 135 Å². The number of rotatable bonds is 28. The number of allylic oxidation sites excluding steroid dienone is 2. The van der Waals surface area contributed by atoms with Crippen molar-refractivity contribution in [3.8, 4) is 0 Å². The van der Waals surface area contributed by atoms with Crippen LogP contribution >= 0.6 is 7.82 Å². The fourth-order valence-corrected chi connectivity index (χ4v) is 6.37. The number of aliphatic hydroxyl groups is 6. The van der Waals surface area contributed by atoms with Gasteiger partial charge in [0, 0.05) is 6.42 Å². The molecule has 12 nitrogen and oxygen atoms in total. The molecular formula is C33H63O12P. The van der Waals surface area contributed by atoms with Gasteiger partial charge in [-0.15, -0.1) is 0 Å². The molecule has 1 saturated carbocycles. The van der Waals surface area contributed by atoms with Crippen molar-refractivity contribution in [2.45, 2.75) is 178 Å². The predicted octanol–water partition coefficient (Wildman–Crippen LogP) is 4.59. The molecule has 6 unspecified atom stereocenters. The molecule has 6 atom stereocenters. The van der Waals surface area contributed by atoms with Crippen LogP contribution in [-0.2, 0) is 23.1 Å². The first-order valence-corrected chi connectivity index (χ1v) is 19.0. The van der Waals surface area contributed by atoms with Crippen molar-refractivity contribution in [1.29, 1.82) is 0 Å². The lowest BCUT2D eigenvalue weighted by Gasteiger charge is -2.41. The van der Waals surface area contributed by atoms with E-state index in [1.54, 1.807) is 0 Å². The highest BCUT2D eigenvalue weighted by atomic mass is 31.2. The van der Waals surface area contributed by atoms with Crippen molar-refractivity contribution in [3.05, 3.63) is 12.2 Å². The first-order valence-electron chi connectivity index (χ1n) is 17.5. The van der Waals surface area contributed by atoms with Gasteiger partial charge in [0.05, 0.1) is 6.61 Å². The Balaban J connectivity index is 1.97. The molecule has 0 bridgehead atoms. The highest BCUT2D eigenvalue weighted by molar-refractivity contribution is 7.47. The van der Waals surface area contributed by atoms with Gasteiger partial charge in [-0.1, -0.05) is 109 Å². The van der Waals surface area contributed by atoms with Crippen LogP contribution < -0.4 is 0 Å². The number of aliphatic hydroxyl groups excluding tert-OH is 6. The van der Waals surface area contributed by atoms with E-state index in [4.69, 9.17) is 4.74 Å². The van der Waals surface area contributed by atoms with E-state index in [2.05, 4.69) is 28.1 Å². The first-order chi connectivity index (χ1) is 22.0. The lowest BCUT2D eigenvalue weighted by molar-refractivity contribution is -0.220. The second-order valence-electron chi connectivity index (χ2n) is 12.6. The summed E-state index contributed by atoms with van der Waals surface area (Å²) in [6.45, 7) is 1.00. The zero-order valence-corrected chi connectivity index (χ0v) is 28.8. The monoisotopic (exact) mass is 682 g/mol. The van der Waals surface area contributed by atoms with Gasteiger partial charge < -0.3 is 40.3 Å². The molecule has 0 aliphatic heterocycles. The minimum Gasteiger partial charge on any atom is -0.463 e. The maximum atomic E-state index is 12.2. The number of ether oxygens (including phenoxy) is 1. The highest BCUT2D eigenvalue weighted by Crippen LogP contribution is 2.47. The van der Waals surface area contributed by atoms with Gasteiger partial charge in [-0.3, -0.25) is 13.8 Å². The molecule has 0 heterocycles. The molecule has 1 fully saturated rings. The van der Waals surface area contributed by atoms with Gasteiger partial charge in [-0.05, 0) is 32.1 Å². The maximum absolute atomic E-state index is 12.2. The summed E-state index contributed by atoms with van der Waals surface area (Å²) in [4.78, 5) is 21.8. The van der Waals surface area contributed by atoms with Gasteiger partial charge in [0.15, 0.2) is 0 Å². The predicted molar refractivity (Wildman–Crippen MR) is 175 cm³/mol. The molecule has 0 radical (unpaired) electrons. The van der Waals surface area contributed by atoms with E-state index in [-0.39, 0.29) is 6.42 Å². The van der Waals surface area contributed by atoms with Crippen molar-refractivity contribution in [2.75, 3.05) is 13.2 Å². The molecule has 46 heavy (non-hydrogen) atoms. The van der Waals surface area contributed by atoms with E-state index < -0.39 is 69.7 Å². The number of carbonyl (C=O) groups is 1. The van der Waals surface area contributed by atoms with E-state index in [0.717, 1.165) is 19.3 Å². The lowest BCUT2D eigenvalue weighted by Crippen LogP contribution is -2.64. The first kappa shape index (κ1) is 43.1. The van der Waals surface area contributed by atoms with Gasteiger partial charge in [0.2, 0.25) is 0 Å². The minimum absolute atomic E-state index is 0.190. The van der Waals surface area contributed by atoms with Crippen LogP contribution in [0.4, 0.5) is 0 Å². The SMILES string of the molecule is CCCCCCCCCC/C=C\CCCCCCCCCCCC(=O)OCC(O)COP(=O)(O)OC1C(O)C(O)C(O)C(O)C1O. The normalized spacial score (nSPS) is 25.5.